The van der Waals surface area contributed by atoms with Gasteiger partial charge in [-0.15, -0.1) is 0 Å². The first-order valence-corrected chi connectivity index (χ1v) is 7.44. The smallest absolute Gasteiger partial charge is 0.107 e. The summed E-state index contributed by atoms with van der Waals surface area (Å²) in [5, 5.41) is 0. The number of aromatic amines is 1. The molecular weight excluding hydrogens is 256 g/mol. The van der Waals surface area contributed by atoms with Gasteiger partial charge in [0.25, 0.3) is 0 Å². The molecule has 0 saturated heterocycles. The number of hydrogen-bond donors (Lipinski definition) is 1. The maximum atomic E-state index is 4.84. The highest BCUT2D eigenvalue weighted by Gasteiger charge is 2.14. The van der Waals surface area contributed by atoms with Crippen LogP contribution in [-0.2, 0) is 6.42 Å². The lowest BCUT2D eigenvalue weighted by Crippen LogP contribution is -1.95. The van der Waals surface area contributed by atoms with Crippen molar-refractivity contribution in [3.8, 4) is 22.5 Å². The second kappa shape index (κ2) is 5.96. The third-order valence-electron chi connectivity index (χ3n) is 3.46. The lowest BCUT2D eigenvalue weighted by Gasteiger charge is -2.02. The van der Waals surface area contributed by atoms with Gasteiger partial charge in [0.05, 0.1) is 11.4 Å². The van der Waals surface area contributed by atoms with Crippen molar-refractivity contribution >= 4 is 0 Å². The van der Waals surface area contributed by atoms with Crippen LogP contribution in [0.15, 0.2) is 60.7 Å². The van der Waals surface area contributed by atoms with Gasteiger partial charge in [-0.1, -0.05) is 74.5 Å². The highest BCUT2D eigenvalue weighted by Crippen LogP contribution is 2.30. The Hall–Kier alpha value is -2.35. The maximum absolute atomic E-state index is 4.84. The quantitative estimate of drug-likeness (QED) is 0.718. The molecule has 0 spiro atoms. The molecule has 0 aliphatic heterocycles. The molecule has 1 heterocycles. The van der Waals surface area contributed by atoms with Crippen LogP contribution in [0.1, 0.15) is 19.7 Å². The summed E-state index contributed by atoms with van der Waals surface area (Å²) in [6.07, 6.45) is 0.965. The fraction of sp³-hybridized carbons (Fsp3) is 0.211. The number of hydrogen-bond acceptors (Lipinski definition) is 1. The van der Waals surface area contributed by atoms with E-state index in [4.69, 9.17) is 4.98 Å². The van der Waals surface area contributed by atoms with Gasteiger partial charge in [0.2, 0.25) is 0 Å². The fourth-order valence-electron chi connectivity index (χ4n) is 2.52. The van der Waals surface area contributed by atoms with E-state index in [2.05, 4.69) is 67.4 Å². The zero-order valence-corrected chi connectivity index (χ0v) is 12.5. The van der Waals surface area contributed by atoms with Crippen molar-refractivity contribution in [1.29, 1.82) is 0 Å². The highest BCUT2D eigenvalue weighted by atomic mass is 14.9. The highest BCUT2D eigenvalue weighted by molar-refractivity contribution is 5.78. The van der Waals surface area contributed by atoms with E-state index in [1.165, 1.54) is 5.56 Å². The van der Waals surface area contributed by atoms with E-state index in [9.17, 15) is 0 Å². The Kier molecular flexibility index (Phi) is 3.87. The number of aromatic nitrogens is 2. The summed E-state index contributed by atoms with van der Waals surface area (Å²) in [5.74, 6) is 1.64. The number of imidazole rings is 1. The first-order chi connectivity index (χ1) is 10.2. The van der Waals surface area contributed by atoms with Gasteiger partial charge in [0.1, 0.15) is 5.82 Å². The van der Waals surface area contributed by atoms with Crippen molar-refractivity contribution in [2.45, 2.75) is 20.3 Å². The van der Waals surface area contributed by atoms with Gasteiger partial charge in [-0.2, -0.15) is 0 Å². The molecule has 106 valence electrons. The average molecular weight is 276 g/mol. The average Bonchev–Trinajstić information content (AvgIpc) is 2.92. The second-order valence-corrected chi connectivity index (χ2v) is 5.74. The van der Waals surface area contributed by atoms with Crippen LogP contribution in [0.5, 0.6) is 0 Å². The number of rotatable bonds is 4. The van der Waals surface area contributed by atoms with Crippen LogP contribution in [0.4, 0.5) is 0 Å². The SMILES string of the molecule is CC(C)Cc1nc(-c2ccccc2)c(-c2ccccc2)[nH]1. The molecule has 0 atom stereocenters. The molecule has 3 aromatic rings. The predicted molar refractivity (Wildman–Crippen MR) is 88.0 cm³/mol. The first kappa shape index (κ1) is 13.6. The normalized spacial score (nSPS) is 11.0. The number of nitrogens with one attached hydrogen (secondary N) is 1. The largest absolute Gasteiger partial charge is 0.341 e. The topological polar surface area (TPSA) is 28.7 Å². The summed E-state index contributed by atoms with van der Waals surface area (Å²) < 4.78 is 0. The lowest BCUT2D eigenvalue weighted by molar-refractivity contribution is 0.626. The lowest BCUT2D eigenvalue weighted by atomic mass is 10.1. The molecule has 0 radical (unpaired) electrons. The van der Waals surface area contributed by atoms with E-state index in [0.717, 1.165) is 29.2 Å². The Bertz CT molecular complexity index is 640. The minimum Gasteiger partial charge on any atom is -0.341 e. The standard InChI is InChI=1S/C19H20N2/c1-14(2)13-17-20-18(15-9-5-3-6-10-15)19(21-17)16-11-7-4-8-12-16/h3-12,14H,13H2,1-2H3,(H,20,21). The van der Waals surface area contributed by atoms with E-state index >= 15 is 0 Å². The van der Waals surface area contributed by atoms with E-state index < -0.39 is 0 Å². The second-order valence-electron chi connectivity index (χ2n) is 5.74. The molecule has 0 amide bonds. The monoisotopic (exact) mass is 276 g/mol. The van der Waals surface area contributed by atoms with Crippen LogP contribution in [0.3, 0.4) is 0 Å². The van der Waals surface area contributed by atoms with Crippen LogP contribution in [0.25, 0.3) is 22.5 Å². The van der Waals surface area contributed by atoms with Crippen molar-refractivity contribution in [2.75, 3.05) is 0 Å². The fourth-order valence-corrected chi connectivity index (χ4v) is 2.52. The van der Waals surface area contributed by atoms with Crippen molar-refractivity contribution in [3.63, 3.8) is 0 Å². The van der Waals surface area contributed by atoms with Gasteiger partial charge >= 0.3 is 0 Å². The number of nitrogens with zero attached hydrogens (tertiary/aromatic N) is 1. The maximum Gasteiger partial charge on any atom is 0.107 e. The van der Waals surface area contributed by atoms with Crippen molar-refractivity contribution < 1.29 is 0 Å². The van der Waals surface area contributed by atoms with E-state index in [0.29, 0.717) is 5.92 Å². The number of H-pyrrole nitrogens is 1. The molecule has 0 saturated carbocycles. The van der Waals surface area contributed by atoms with Crippen LogP contribution in [0, 0.1) is 5.92 Å². The van der Waals surface area contributed by atoms with Gasteiger partial charge in [-0.05, 0) is 5.92 Å². The summed E-state index contributed by atoms with van der Waals surface area (Å²) in [7, 11) is 0. The minimum absolute atomic E-state index is 0.586. The van der Waals surface area contributed by atoms with Crippen LogP contribution in [0.2, 0.25) is 0 Å². The molecule has 3 rings (SSSR count). The van der Waals surface area contributed by atoms with Crippen molar-refractivity contribution in [1.82, 2.24) is 9.97 Å². The minimum atomic E-state index is 0.586. The predicted octanol–water partition coefficient (Wildman–Crippen LogP) is 4.94. The van der Waals surface area contributed by atoms with E-state index in [1.54, 1.807) is 0 Å². The van der Waals surface area contributed by atoms with E-state index in [-0.39, 0.29) is 0 Å². The zero-order chi connectivity index (χ0) is 14.7. The Balaban J connectivity index is 2.11. The Labute approximate surface area is 125 Å². The summed E-state index contributed by atoms with van der Waals surface area (Å²) in [6, 6.07) is 20.8. The molecule has 0 fully saturated rings. The van der Waals surface area contributed by atoms with Gasteiger partial charge in [0.15, 0.2) is 0 Å². The van der Waals surface area contributed by atoms with Crippen molar-refractivity contribution in [3.05, 3.63) is 66.5 Å². The number of benzene rings is 2. The third kappa shape index (κ3) is 3.05. The summed E-state index contributed by atoms with van der Waals surface area (Å²) in [6.45, 7) is 4.43. The molecule has 0 bridgehead atoms. The van der Waals surface area contributed by atoms with Crippen molar-refractivity contribution in [2.24, 2.45) is 5.92 Å². The van der Waals surface area contributed by atoms with Crippen LogP contribution < -0.4 is 0 Å². The Morgan fingerprint density at radius 1 is 0.857 bits per heavy atom. The van der Waals surface area contributed by atoms with Crippen LogP contribution in [-0.4, -0.2) is 9.97 Å². The van der Waals surface area contributed by atoms with Gasteiger partial charge in [-0.3, -0.25) is 0 Å². The van der Waals surface area contributed by atoms with Gasteiger partial charge < -0.3 is 4.98 Å². The van der Waals surface area contributed by atoms with Crippen LogP contribution >= 0.6 is 0 Å². The molecule has 2 aromatic carbocycles. The molecule has 2 nitrogen and oxygen atoms in total. The molecule has 0 aliphatic carbocycles. The van der Waals surface area contributed by atoms with Gasteiger partial charge in [-0.25, -0.2) is 4.98 Å². The molecular formula is C19H20N2. The zero-order valence-electron chi connectivity index (χ0n) is 12.5. The molecule has 0 aliphatic rings. The summed E-state index contributed by atoms with van der Waals surface area (Å²) in [5.41, 5.74) is 4.48. The van der Waals surface area contributed by atoms with E-state index in [1.807, 2.05) is 12.1 Å². The molecule has 1 N–H and O–H groups in total. The first-order valence-electron chi connectivity index (χ1n) is 7.44. The molecule has 21 heavy (non-hydrogen) atoms. The molecule has 1 aromatic heterocycles. The Morgan fingerprint density at radius 2 is 1.43 bits per heavy atom. The Morgan fingerprint density at radius 3 is 2.00 bits per heavy atom. The summed E-state index contributed by atoms with van der Waals surface area (Å²) in [4.78, 5) is 8.36. The summed E-state index contributed by atoms with van der Waals surface area (Å²) >= 11 is 0. The molecule has 0 unspecified atom stereocenters. The van der Waals surface area contributed by atoms with Gasteiger partial charge in [0, 0.05) is 17.5 Å². The third-order valence-corrected chi connectivity index (χ3v) is 3.46. The molecule has 2 heteroatoms.